The predicted molar refractivity (Wildman–Crippen MR) is 86.7 cm³/mol. The number of anilines is 2. The van der Waals surface area contributed by atoms with E-state index in [1.807, 2.05) is 24.3 Å². The van der Waals surface area contributed by atoms with Crippen molar-refractivity contribution >= 4 is 17.2 Å². The molecule has 24 heavy (non-hydrogen) atoms. The van der Waals surface area contributed by atoms with Gasteiger partial charge in [-0.15, -0.1) is 0 Å². The summed E-state index contributed by atoms with van der Waals surface area (Å²) in [4.78, 5) is 14.5. The maximum atomic E-state index is 10.8. The minimum Gasteiger partial charge on any atom is -0.338 e. The van der Waals surface area contributed by atoms with Crippen LogP contribution in [0.2, 0.25) is 0 Å². The lowest BCUT2D eigenvalue weighted by Gasteiger charge is -2.05. The third-order valence-electron chi connectivity index (χ3n) is 3.29. The van der Waals surface area contributed by atoms with Gasteiger partial charge in [-0.2, -0.15) is 10.4 Å². The van der Waals surface area contributed by atoms with Gasteiger partial charge in [0.15, 0.2) is 5.82 Å². The Hall–Kier alpha value is -3.73. The number of pyridine rings is 1. The second-order valence-electron chi connectivity index (χ2n) is 4.94. The van der Waals surface area contributed by atoms with Gasteiger partial charge in [-0.3, -0.25) is 19.8 Å². The van der Waals surface area contributed by atoms with Crippen LogP contribution in [0.5, 0.6) is 0 Å². The molecule has 0 spiro atoms. The Bertz CT molecular complexity index is 914. The van der Waals surface area contributed by atoms with E-state index in [4.69, 9.17) is 5.26 Å². The number of rotatable bonds is 5. The molecule has 3 aromatic rings. The van der Waals surface area contributed by atoms with Crippen LogP contribution in [0.4, 0.5) is 17.2 Å². The molecule has 0 atom stereocenters. The van der Waals surface area contributed by atoms with Crippen molar-refractivity contribution in [2.45, 2.75) is 6.54 Å². The molecule has 1 aromatic carbocycles. The van der Waals surface area contributed by atoms with Crippen LogP contribution < -0.4 is 5.32 Å². The third-order valence-corrected chi connectivity index (χ3v) is 3.29. The van der Waals surface area contributed by atoms with E-state index < -0.39 is 4.92 Å². The number of nitro groups is 1. The lowest BCUT2D eigenvalue weighted by Crippen LogP contribution is -2.03. The highest BCUT2D eigenvalue weighted by atomic mass is 16.6. The van der Waals surface area contributed by atoms with Gasteiger partial charge in [-0.1, -0.05) is 6.07 Å². The topological polar surface area (TPSA) is 110 Å². The molecule has 0 aliphatic heterocycles. The number of nitriles is 1. The van der Waals surface area contributed by atoms with E-state index in [-0.39, 0.29) is 11.3 Å². The van der Waals surface area contributed by atoms with Crippen molar-refractivity contribution in [1.82, 2.24) is 14.8 Å². The molecule has 3 rings (SSSR count). The van der Waals surface area contributed by atoms with Crippen molar-refractivity contribution in [3.05, 3.63) is 76.2 Å². The molecule has 0 fully saturated rings. The van der Waals surface area contributed by atoms with Gasteiger partial charge in [-0.25, -0.2) is 0 Å². The zero-order chi connectivity index (χ0) is 16.9. The van der Waals surface area contributed by atoms with Crippen LogP contribution >= 0.6 is 0 Å². The molecule has 0 radical (unpaired) electrons. The van der Waals surface area contributed by atoms with E-state index in [1.165, 1.54) is 18.2 Å². The van der Waals surface area contributed by atoms with Crippen molar-refractivity contribution in [1.29, 1.82) is 5.26 Å². The molecular formula is C16H12N6O2. The fourth-order valence-corrected chi connectivity index (χ4v) is 2.16. The number of nitro benzene ring substituents is 1. The lowest BCUT2D eigenvalue weighted by molar-refractivity contribution is -0.384. The number of hydrogen-bond donors (Lipinski definition) is 1. The zero-order valence-electron chi connectivity index (χ0n) is 12.5. The molecule has 0 saturated heterocycles. The van der Waals surface area contributed by atoms with Crippen LogP contribution in [0.15, 0.2) is 54.9 Å². The van der Waals surface area contributed by atoms with Gasteiger partial charge in [0.1, 0.15) is 6.07 Å². The van der Waals surface area contributed by atoms with E-state index in [2.05, 4.69) is 15.4 Å². The summed E-state index contributed by atoms with van der Waals surface area (Å²) in [5, 5.41) is 27.3. The van der Waals surface area contributed by atoms with Gasteiger partial charge in [-0.05, 0) is 18.2 Å². The van der Waals surface area contributed by atoms with Crippen molar-refractivity contribution in [2.24, 2.45) is 0 Å². The molecule has 118 valence electrons. The standard InChI is InChI=1S/C16H12N6O2/c17-10-12-9-14(22(23)24)4-5-15(12)19-16-6-8-21(20-16)11-13-3-1-2-7-18-13/h1-9H,11H2,(H,19,20). The van der Waals surface area contributed by atoms with Gasteiger partial charge in [0, 0.05) is 30.6 Å². The van der Waals surface area contributed by atoms with Crippen molar-refractivity contribution in [3.8, 4) is 6.07 Å². The summed E-state index contributed by atoms with van der Waals surface area (Å²) in [7, 11) is 0. The Labute approximate surface area is 137 Å². The highest BCUT2D eigenvalue weighted by Gasteiger charge is 2.11. The monoisotopic (exact) mass is 320 g/mol. The Kier molecular flexibility index (Phi) is 4.16. The second-order valence-corrected chi connectivity index (χ2v) is 4.94. The molecule has 8 nitrogen and oxygen atoms in total. The molecule has 1 N–H and O–H groups in total. The predicted octanol–water partition coefficient (Wildman–Crippen LogP) is 2.85. The molecule has 2 aromatic heterocycles. The largest absolute Gasteiger partial charge is 0.338 e. The number of benzene rings is 1. The summed E-state index contributed by atoms with van der Waals surface area (Å²) in [5.41, 5.74) is 1.40. The molecule has 0 unspecified atom stereocenters. The summed E-state index contributed by atoms with van der Waals surface area (Å²) in [6.07, 6.45) is 3.50. The number of non-ortho nitro benzene ring substituents is 1. The summed E-state index contributed by atoms with van der Waals surface area (Å²) in [5.74, 6) is 0.538. The van der Waals surface area contributed by atoms with E-state index in [9.17, 15) is 10.1 Å². The number of nitrogens with zero attached hydrogens (tertiary/aromatic N) is 5. The SMILES string of the molecule is N#Cc1cc([N+](=O)[O-])ccc1Nc1ccn(Cc2ccccn2)n1. The average molecular weight is 320 g/mol. The molecule has 0 amide bonds. The molecule has 0 saturated carbocycles. The van der Waals surface area contributed by atoms with E-state index in [0.717, 1.165) is 5.69 Å². The summed E-state index contributed by atoms with van der Waals surface area (Å²) < 4.78 is 1.71. The second kappa shape index (κ2) is 6.58. The molecule has 8 heteroatoms. The van der Waals surface area contributed by atoms with E-state index in [0.29, 0.717) is 18.1 Å². The summed E-state index contributed by atoms with van der Waals surface area (Å²) >= 11 is 0. The van der Waals surface area contributed by atoms with Gasteiger partial charge < -0.3 is 5.32 Å². The molecule has 0 bridgehead atoms. The van der Waals surface area contributed by atoms with E-state index in [1.54, 1.807) is 23.1 Å². The van der Waals surface area contributed by atoms with Crippen molar-refractivity contribution in [3.63, 3.8) is 0 Å². The smallest absolute Gasteiger partial charge is 0.270 e. The zero-order valence-corrected chi connectivity index (χ0v) is 12.5. The third kappa shape index (κ3) is 3.36. The fourth-order valence-electron chi connectivity index (χ4n) is 2.16. The van der Waals surface area contributed by atoms with Crippen LogP contribution in [0.25, 0.3) is 0 Å². The first kappa shape index (κ1) is 15.2. The molecule has 0 aliphatic carbocycles. The van der Waals surface area contributed by atoms with Crippen LogP contribution in [-0.4, -0.2) is 19.7 Å². The maximum absolute atomic E-state index is 10.8. The quantitative estimate of drug-likeness (QED) is 0.572. The van der Waals surface area contributed by atoms with Crippen LogP contribution in [-0.2, 0) is 6.54 Å². The van der Waals surface area contributed by atoms with E-state index >= 15 is 0 Å². The highest BCUT2D eigenvalue weighted by molar-refractivity contribution is 5.66. The Morgan fingerprint density at radius 3 is 2.88 bits per heavy atom. The first-order chi connectivity index (χ1) is 11.7. The number of nitrogens with one attached hydrogen (secondary N) is 1. The van der Waals surface area contributed by atoms with Gasteiger partial charge >= 0.3 is 0 Å². The minimum absolute atomic E-state index is 0.127. The Balaban J connectivity index is 1.78. The fraction of sp³-hybridized carbons (Fsp3) is 0.0625. The van der Waals surface area contributed by atoms with Gasteiger partial charge in [0.05, 0.1) is 28.4 Å². The average Bonchev–Trinajstić information content (AvgIpc) is 3.03. The number of hydrogen-bond acceptors (Lipinski definition) is 6. The Morgan fingerprint density at radius 2 is 2.17 bits per heavy atom. The first-order valence-electron chi connectivity index (χ1n) is 7.04. The summed E-state index contributed by atoms with van der Waals surface area (Å²) in [6.45, 7) is 0.522. The Morgan fingerprint density at radius 1 is 1.29 bits per heavy atom. The van der Waals surface area contributed by atoms with Crippen molar-refractivity contribution < 1.29 is 4.92 Å². The normalized spacial score (nSPS) is 10.1. The molecule has 2 heterocycles. The maximum Gasteiger partial charge on any atom is 0.270 e. The lowest BCUT2D eigenvalue weighted by atomic mass is 10.1. The van der Waals surface area contributed by atoms with Gasteiger partial charge in [0.2, 0.25) is 0 Å². The first-order valence-corrected chi connectivity index (χ1v) is 7.04. The highest BCUT2D eigenvalue weighted by Crippen LogP contribution is 2.24. The summed E-state index contributed by atoms with van der Waals surface area (Å²) in [6, 6.07) is 13.4. The van der Waals surface area contributed by atoms with Crippen molar-refractivity contribution in [2.75, 3.05) is 5.32 Å². The van der Waals surface area contributed by atoms with Crippen LogP contribution in [0.1, 0.15) is 11.3 Å². The molecule has 0 aliphatic rings. The van der Waals surface area contributed by atoms with Crippen LogP contribution in [0.3, 0.4) is 0 Å². The number of aromatic nitrogens is 3. The van der Waals surface area contributed by atoms with Gasteiger partial charge in [0.25, 0.3) is 5.69 Å². The minimum atomic E-state index is -0.536. The van der Waals surface area contributed by atoms with Crippen LogP contribution in [0, 0.1) is 21.4 Å². The molecular weight excluding hydrogens is 308 g/mol.